The van der Waals surface area contributed by atoms with Gasteiger partial charge in [-0.3, -0.25) is 0 Å². The molecule has 2 nitrogen and oxygen atoms in total. The molecule has 3 rings (SSSR count). The molecule has 0 radical (unpaired) electrons. The molecule has 1 aliphatic rings. The molecule has 1 aromatic carbocycles. The van der Waals surface area contributed by atoms with E-state index in [4.69, 9.17) is 4.20 Å². The summed E-state index contributed by atoms with van der Waals surface area (Å²) in [5.41, 5.74) is 1.95. The molecule has 74 valence electrons. The van der Waals surface area contributed by atoms with Crippen LogP contribution in [0.2, 0.25) is 0 Å². The van der Waals surface area contributed by atoms with Crippen LogP contribution in [0.5, 0.6) is 0 Å². The van der Waals surface area contributed by atoms with E-state index in [0.29, 0.717) is 0 Å². The molecule has 1 atom stereocenters. The molecule has 0 saturated carbocycles. The highest BCUT2D eigenvalue weighted by atomic mass is 31.1. The first-order valence-electron chi connectivity index (χ1n) is 5.00. The molecule has 1 heterocycles. The first kappa shape index (κ1) is 8.87. The number of rotatable bonds is 0. The summed E-state index contributed by atoms with van der Waals surface area (Å²) in [6, 6.07) is 7.81. The molecule has 1 unspecified atom stereocenters. The predicted molar refractivity (Wildman–Crippen MR) is 61.2 cm³/mol. The lowest BCUT2D eigenvalue weighted by Gasteiger charge is -2.05. The van der Waals surface area contributed by atoms with Crippen LogP contribution in [0.3, 0.4) is 0 Å². The van der Waals surface area contributed by atoms with E-state index in [1.807, 2.05) is 30.3 Å². The van der Waals surface area contributed by atoms with Gasteiger partial charge in [0, 0.05) is 10.9 Å². The van der Waals surface area contributed by atoms with Crippen LogP contribution in [-0.4, -0.2) is 0 Å². The van der Waals surface area contributed by atoms with E-state index in [1.54, 1.807) is 0 Å². The van der Waals surface area contributed by atoms with E-state index in [1.165, 1.54) is 5.56 Å². The standard InChI is InChI=1S/C12H10O2P/c13-15-12-8-4-2-6-10(12)9-5-1-3-7-11(9)14-15/h1,3-5,7-8H,2,6H2/q+1. The van der Waals surface area contributed by atoms with Crippen LogP contribution in [0.4, 0.5) is 0 Å². The average molecular weight is 217 g/mol. The van der Waals surface area contributed by atoms with Gasteiger partial charge in [-0.15, -0.1) is 0 Å². The molecule has 0 N–H and O–H groups in total. The highest BCUT2D eigenvalue weighted by Crippen LogP contribution is 2.36. The van der Waals surface area contributed by atoms with Crippen molar-refractivity contribution in [3.63, 3.8) is 0 Å². The highest BCUT2D eigenvalue weighted by molar-refractivity contribution is 7.31. The second kappa shape index (κ2) is 3.32. The summed E-state index contributed by atoms with van der Waals surface area (Å²) in [7, 11) is -1.69. The number of benzene rings is 1. The maximum absolute atomic E-state index is 11.8. The van der Waals surface area contributed by atoms with Crippen molar-refractivity contribution >= 4 is 24.7 Å². The van der Waals surface area contributed by atoms with Crippen molar-refractivity contribution in [3.8, 4) is 0 Å². The predicted octanol–water partition coefficient (Wildman–Crippen LogP) is 4.13. The molecule has 0 saturated heterocycles. The van der Waals surface area contributed by atoms with Gasteiger partial charge in [-0.1, -0.05) is 24.3 Å². The zero-order chi connectivity index (χ0) is 10.3. The SMILES string of the molecule is O=[p+]1oc2ccccc2c2c1C=CCC2. The van der Waals surface area contributed by atoms with E-state index in [-0.39, 0.29) is 0 Å². The van der Waals surface area contributed by atoms with Crippen molar-refractivity contribution in [2.75, 3.05) is 0 Å². The minimum atomic E-state index is -1.69. The van der Waals surface area contributed by atoms with Crippen molar-refractivity contribution in [1.29, 1.82) is 0 Å². The average Bonchev–Trinajstić information content (AvgIpc) is 2.30. The first-order valence-corrected chi connectivity index (χ1v) is 6.18. The number of para-hydroxylation sites is 1. The van der Waals surface area contributed by atoms with E-state index in [0.717, 1.165) is 29.1 Å². The van der Waals surface area contributed by atoms with Crippen LogP contribution in [0.1, 0.15) is 17.3 Å². The van der Waals surface area contributed by atoms with Gasteiger partial charge in [-0.2, -0.15) is 0 Å². The van der Waals surface area contributed by atoms with E-state index < -0.39 is 7.65 Å². The van der Waals surface area contributed by atoms with Crippen molar-refractivity contribution in [2.24, 2.45) is 0 Å². The van der Waals surface area contributed by atoms with E-state index in [2.05, 4.69) is 6.08 Å². The lowest BCUT2D eigenvalue weighted by molar-refractivity contribution is 0.560. The van der Waals surface area contributed by atoms with Crippen LogP contribution in [-0.2, 0) is 11.0 Å². The molecular weight excluding hydrogens is 207 g/mol. The molecule has 0 fully saturated rings. The van der Waals surface area contributed by atoms with E-state index >= 15 is 0 Å². The molecule has 15 heavy (non-hydrogen) atoms. The quantitative estimate of drug-likeness (QED) is 0.663. The Morgan fingerprint density at radius 2 is 2.13 bits per heavy atom. The van der Waals surface area contributed by atoms with Gasteiger partial charge in [0.2, 0.25) is 5.30 Å². The van der Waals surface area contributed by atoms with E-state index in [9.17, 15) is 4.57 Å². The molecule has 3 heteroatoms. The fraction of sp³-hybridized carbons (Fsp3) is 0.167. The third-order valence-corrected chi connectivity index (χ3v) is 3.91. The van der Waals surface area contributed by atoms with Crippen LogP contribution >= 0.6 is 7.65 Å². The molecule has 0 aliphatic heterocycles. The molecule has 1 aromatic heterocycles. The Balaban J connectivity index is 2.51. The summed E-state index contributed by atoms with van der Waals surface area (Å²) in [6.45, 7) is 0. The summed E-state index contributed by atoms with van der Waals surface area (Å²) in [5.74, 6) is 0. The third-order valence-electron chi connectivity index (χ3n) is 2.74. The Bertz CT molecular complexity index is 611. The van der Waals surface area contributed by atoms with Crippen LogP contribution in [0.15, 0.2) is 34.5 Å². The molecular formula is C12H10O2P+. The summed E-state index contributed by atoms with van der Waals surface area (Å²) in [5, 5.41) is 1.97. The van der Waals surface area contributed by atoms with Gasteiger partial charge < -0.3 is 0 Å². The maximum atomic E-state index is 11.8. The zero-order valence-corrected chi connectivity index (χ0v) is 9.04. The van der Waals surface area contributed by atoms with Gasteiger partial charge in [-0.05, 0) is 29.5 Å². The number of hydrogen-bond acceptors (Lipinski definition) is 2. The Morgan fingerprint density at radius 1 is 1.27 bits per heavy atom. The van der Waals surface area contributed by atoms with Crippen molar-refractivity contribution < 1.29 is 8.76 Å². The van der Waals surface area contributed by atoms with Gasteiger partial charge >= 0.3 is 7.65 Å². The molecule has 1 aliphatic carbocycles. The molecule has 2 aromatic rings. The summed E-state index contributed by atoms with van der Waals surface area (Å²) in [4.78, 5) is 0. The Labute approximate surface area is 88.1 Å². The van der Waals surface area contributed by atoms with Crippen molar-refractivity contribution in [1.82, 2.24) is 0 Å². The monoisotopic (exact) mass is 217 g/mol. The smallest absolute Gasteiger partial charge is 0.250 e. The van der Waals surface area contributed by atoms with Crippen LogP contribution in [0, 0.1) is 0 Å². The lowest BCUT2D eigenvalue weighted by Crippen LogP contribution is -1.93. The molecule has 0 amide bonds. The molecule has 0 bridgehead atoms. The maximum Gasteiger partial charge on any atom is 0.597 e. The second-order valence-corrected chi connectivity index (χ2v) is 4.83. The Morgan fingerprint density at radius 3 is 3.07 bits per heavy atom. The largest absolute Gasteiger partial charge is 0.597 e. The van der Waals surface area contributed by atoms with Gasteiger partial charge in [0.15, 0.2) is 5.58 Å². The minimum absolute atomic E-state index is 0.757. The first-order chi connectivity index (χ1) is 7.36. The Kier molecular flexibility index (Phi) is 1.96. The highest BCUT2D eigenvalue weighted by Gasteiger charge is 2.22. The number of allylic oxidation sites excluding steroid dienone is 1. The van der Waals surface area contributed by atoms with Crippen molar-refractivity contribution in [2.45, 2.75) is 12.8 Å². The van der Waals surface area contributed by atoms with Gasteiger partial charge in [0.25, 0.3) is 0 Å². The third kappa shape index (κ3) is 1.33. The van der Waals surface area contributed by atoms with Gasteiger partial charge in [-0.25, -0.2) is 4.20 Å². The summed E-state index contributed by atoms with van der Waals surface area (Å²) < 4.78 is 17.2. The minimum Gasteiger partial charge on any atom is -0.250 e. The van der Waals surface area contributed by atoms with Crippen LogP contribution < -0.4 is 0 Å². The molecule has 0 spiro atoms. The normalized spacial score (nSPS) is 15.3. The topological polar surface area (TPSA) is 30.2 Å². The summed E-state index contributed by atoms with van der Waals surface area (Å²) >= 11 is 0. The fourth-order valence-corrected chi connectivity index (χ4v) is 3.15. The van der Waals surface area contributed by atoms with Crippen LogP contribution in [0.25, 0.3) is 17.0 Å². The van der Waals surface area contributed by atoms with Gasteiger partial charge in [0.05, 0.1) is 0 Å². The summed E-state index contributed by atoms with van der Waals surface area (Å²) in [6.07, 6.45) is 5.99. The van der Waals surface area contributed by atoms with Crippen molar-refractivity contribution in [3.05, 3.63) is 41.2 Å². The number of fused-ring (bicyclic) bond motifs is 3. The van der Waals surface area contributed by atoms with Gasteiger partial charge in [0.1, 0.15) is 0 Å². The lowest BCUT2D eigenvalue weighted by atomic mass is 10.0. The zero-order valence-electron chi connectivity index (χ0n) is 8.14. The Hall–Kier alpha value is -1.40. The number of aryl methyl sites for hydroxylation is 1. The number of hydrogen-bond donors (Lipinski definition) is 0. The second-order valence-electron chi connectivity index (χ2n) is 3.65. The fourth-order valence-electron chi connectivity index (χ4n) is 2.03.